The number of carbonyl (C=O) groups excluding carboxylic acids is 1. The smallest absolute Gasteiger partial charge is 0.161 e. The second kappa shape index (κ2) is 2.14. The number of hydrogen-bond donors (Lipinski definition) is 0. The van der Waals surface area contributed by atoms with E-state index in [-0.39, 0.29) is 0 Å². The molecule has 1 aliphatic rings. The van der Waals surface area contributed by atoms with Crippen LogP contribution in [0.3, 0.4) is 0 Å². The third-order valence-corrected chi connectivity index (χ3v) is 3.38. The van der Waals surface area contributed by atoms with Crippen molar-refractivity contribution in [2.24, 2.45) is 0 Å². The molecule has 0 amide bonds. The summed E-state index contributed by atoms with van der Waals surface area (Å²) in [6.07, 6.45) is 4.97. The van der Waals surface area contributed by atoms with E-state index in [0.717, 1.165) is 16.2 Å². The van der Waals surface area contributed by atoms with Crippen LogP contribution in [0.15, 0.2) is 6.20 Å². The molecule has 2 rings (SSSR count). The van der Waals surface area contributed by atoms with Gasteiger partial charge < -0.3 is 0 Å². The van der Waals surface area contributed by atoms with Crippen molar-refractivity contribution < 1.29 is 4.79 Å². The minimum atomic E-state index is 0.311. The molecule has 0 atom stereocenters. The number of carbonyl (C=O) groups is 1. The van der Waals surface area contributed by atoms with Gasteiger partial charge in [-0.15, -0.1) is 11.3 Å². The zero-order chi connectivity index (χ0) is 7.90. The Balaban J connectivity index is 2.32. The van der Waals surface area contributed by atoms with E-state index in [2.05, 4.69) is 11.9 Å². The molecule has 0 radical (unpaired) electrons. The van der Waals surface area contributed by atoms with Gasteiger partial charge in [-0.1, -0.05) is 6.92 Å². The summed E-state index contributed by atoms with van der Waals surface area (Å²) in [6.45, 7) is 2.19. The van der Waals surface area contributed by atoms with Gasteiger partial charge in [0.1, 0.15) is 0 Å². The fourth-order valence-corrected chi connectivity index (χ4v) is 1.95. The molecule has 1 aromatic heterocycles. The van der Waals surface area contributed by atoms with Gasteiger partial charge in [0.05, 0.1) is 9.88 Å². The summed E-state index contributed by atoms with van der Waals surface area (Å²) in [5, 5.41) is 1.12. The highest BCUT2D eigenvalue weighted by molar-refractivity contribution is 7.13. The van der Waals surface area contributed by atoms with Crippen molar-refractivity contribution in [3.8, 4) is 0 Å². The average Bonchev–Trinajstić information content (AvgIpc) is 2.61. The summed E-state index contributed by atoms with van der Waals surface area (Å²) in [5.41, 5.74) is 0.311. The fourth-order valence-electron chi connectivity index (χ4n) is 1.02. The second-order valence-electron chi connectivity index (χ2n) is 3.25. The van der Waals surface area contributed by atoms with E-state index in [0.29, 0.717) is 5.41 Å². The molecule has 3 heteroatoms. The first-order chi connectivity index (χ1) is 5.24. The highest BCUT2D eigenvalue weighted by Crippen LogP contribution is 2.48. The quantitative estimate of drug-likeness (QED) is 0.631. The number of aldehydes is 1. The van der Waals surface area contributed by atoms with Gasteiger partial charge >= 0.3 is 0 Å². The van der Waals surface area contributed by atoms with Crippen molar-refractivity contribution in [3.63, 3.8) is 0 Å². The van der Waals surface area contributed by atoms with Crippen LogP contribution in [-0.4, -0.2) is 11.3 Å². The standard InChI is InChI=1S/C8H9NOS/c1-8(2-3-8)7-9-4-6(5-10)11-7/h4-5H,2-3H2,1H3. The zero-order valence-corrected chi connectivity index (χ0v) is 7.15. The number of aromatic nitrogens is 1. The Kier molecular flexibility index (Phi) is 1.36. The van der Waals surface area contributed by atoms with Crippen LogP contribution in [0.2, 0.25) is 0 Å². The summed E-state index contributed by atoms with van der Waals surface area (Å²) in [6, 6.07) is 0. The first-order valence-corrected chi connectivity index (χ1v) is 4.48. The molecular weight excluding hydrogens is 158 g/mol. The van der Waals surface area contributed by atoms with Crippen LogP contribution >= 0.6 is 11.3 Å². The fraction of sp³-hybridized carbons (Fsp3) is 0.500. The Hall–Kier alpha value is -0.700. The van der Waals surface area contributed by atoms with Gasteiger partial charge in [0, 0.05) is 11.6 Å². The molecule has 58 valence electrons. The maximum absolute atomic E-state index is 10.3. The number of nitrogens with zero attached hydrogens (tertiary/aromatic N) is 1. The number of thiazole rings is 1. The van der Waals surface area contributed by atoms with Crippen molar-refractivity contribution in [2.45, 2.75) is 25.2 Å². The minimum Gasteiger partial charge on any atom is -0.297 e. The molecule has 0 N–H and O–H groups in total. The third-order valence-electron chi connectivity index (χ3n) is 2.16. The Morgan fingerprint density at radius 3 is 2.91 bits per heavy atom. The van der Waals surface area contributed by atoms with E-state index in [4.69, 9.17) is 0 Å². The van der Waals surface area contributed by atoms with Crippen molar-refractivity contribution in [1.29, 1.82) is 0 Å². The van der Waals surface area contributed by atoms with Crippen LogP contribution in [0.5, 0.6) is 0 Å². The van der Waals surface area contributed by atoms with E-state index in [1.165, 1.54) is 24.2 Å². The molecule has 0 aliphatic heterocycles. The molecule has 1 heterocycles. The van der Waals surface area contributed by atoms with Crippen molar-refractivity contribution in [3.05, 3.63) is 16.1 Å². The molecule has 0 unspecified atom stereocenters. The third kappa shape index (κ3) is 1.09. The van der Waals surface area contributed by atoms with Gasteiger partial charge in [-0.3, -0.25) is 4.79 Å². The van der Waals surface area contributed by atoms with Gasteiger partial charge in [-0.05, 0) is 12.8 Å². The Bertz CT molecular complexity index is 288. The predicted molar refractivity (Wildman–Crippen MR) is 44.1 cm³/mol. The van der Waals surface area contributed by atoms with Gasteiger partial charge in [0.15, 0.2) is 6.29 Å². The summed E-state index contributed by atoms with van der Waals surface area (Å²) < 4.78 is 0. The highest BCUT2D eigenvalue weighted by Gasteiger charge is 2.41. The largest absolute Gasteiger partial charge is 0.297 e. The first kappa shape index (κ1) is 6.98. The zero-order valence-electron chi connectivity index (χ0n) is 6.33. The van der Waals surface area contributed by atoms with Gasteiger partial charge in [0.25, 0.3) is 0 Å². The van der Waals surface area contributed by atoms with E-state index >= 15 is 0 Å². The SMILES string of the molecule is CC1(c2ncc(C=O)s2)CC1. The molecular formula is C8H9NOS. The van der Waals surface area contributed by atoms with Gasteiger partial charge in [-0.2, -0.15) is 0 Å². The minimum absolute atomic E-state index is 0.311. The molecule has 1 aliphatic carbocycles. The molecule has 2 nitrogen and oxygen atoms in total. The molecule has 0 bridgehead atoms. The summed E-state index contributed by atoms with van der Waals surface area (Å²) in [4.78, 5) is 15.3. The summed E-state index contributed by atoms with van der Waals surface area (Å²) >= 11 is 1.52. The normalized spacial score (nSPS) is 19.7. The van der Waals surface area contributed by atoms with Crippen LogP contribution in [0, 0.1) is 0 Å². The van der Waals surface area contributed by atoms with Crippen LogP contribution < -0.4 is 0 Å². The number of hydrogen-bond acceptors (Lipinski definition) is 3. The lowest BCUT2D eigenvalue weighted by molar-refractivity contribution is 0.112. The summed E-state index contributed by atoms with van der Waals surface area (Å²) in [7, 11) is 0. The van der Waals surface area contributed by atoms with E-state index in [9.17, 15) is 4.79 Å². The topological polar surface area (TPSA) is 30.0 Å². The van der Waals surface area contributed by atoms with Crippen LogP contribution in [0.1, 0.15) is 34.4 Å². The van der Waals surface area contributed by atoms with Crippen LogP contribution in [-0.2, 0) is 5.41 Å². The average molecular weight is 167 g/mol. The lowest BCUT2D eigenvalue weighted by Crippen LogP contribution is -1.96. The number of rotatable bonds is 2. The second-order valence-corrected chi connectivity index (χ2v) is 4.31. The van der Waals surface area contributed by atoms with E-state index < -0.39 is 0 Å². The molecule has 1 fully saturated rings. The Labute approximate surface area is 69.3 Å². The summed E-state index contributed by atoms with van der Waals surface area (Å²) in [5.74, 6) is 0. The molecule has 1 aromatic rings. The maximum atomic E-state index is 10.3. The van der Waals surface area contributed by atoms with Crippen LogP contribution in [0.25, 0.3) is 0 Å². The van der Waals surface area contributed by atoms with Gasteiger partial charge in [-0.25, -0.2) is 4.98 Å². The van der Waals surface area contributed by atoms with E-state index in [1.807, 2.05) is 0 Å². The van der Waals surface area contributed by atoms with Crippen molar-refractivity contribution in [1.82, 2.24) is 4.98 Å². The van der Waals surface area contributed by atoms with Crippen molar-refractivity contribution in [2.75, 3.05) is 0 Å². The molecule has 1 saturated carbocycles. The lowest BCUT2D eigenvalue weighted by atomic mass is 10.2. The Morgan fingerprint density at radius 1 is 1.73 bits per heavy atom. The highest BCUT2D eigenvalue weighted by atomic mass is 32.1. The molecule has 0 spiro atoms. The lowest BCUT2D eigenvalue weighted by Gasteiger charge is -1.99. The monoisotopic (exact) mass is 167 g/mol. The maximum Gasteiger partial charge on any atom is 0.161 e. The Morgan fingerprint density at radius 2 is 2.45 bits per heavy atom. The van der Waals surface area contributed by atoms with Crippen molar-refractivity contribution >= 4 is 17.6 Å². The first-order valence-electron chi connectivity index (χ1n) is 3.66. The van der Waals surface area contributed by atoms with E-state index in [1.54, 1.807) is 6.20 Å². The van der Waals surface area contributed by atoms with Gasteiger partial charge in [0.2, 0.25) is 0 Å². The van der Waals surface area contributed by atoms with Crippen LogP contribution in [0.4, 0.5) is 0 Å². The predicted octanol–water partition coefficient (Wildman–Crippen LogP) is 2.01. The molecule has 11 heavy (non-hydrogen) atoms. The molecule has 0 saturated heterocycles. The molecule has 0 aromatic carbocycles.